The van der Waals surface area contributed by atoms with Crippen LogP contribution in [0, 0.1) is 0 Å². The van der Waals surface area contributed by atoms with Gasteiger partial charge >= 0.3 is 0 Å². The van der Waals surface area contributed by atoms with E-state index in [0.29, 0.717) is 31.6 Å². The third-order valence-corrected chi connectivity index (χ3v) is 3.49. The quantitative estimate of drug-likeness (QED) is 0.799. The minimum absolute atomic E-state index is 0.143. The largest absolute Gasteiger partial charge is 0.350 e. The normalized spacial score (nSPS) is 10.6. The standard InChI is InChI=1S/C12H17N5OS/c1-17-7-4-9(16-17)3-6-14-12(18)10-8-19-11(15-10)2-5-13/h4,7-8H,2-3,5-6,13H2,1H3,(H,14,18). The van der Waals surface area contributed by atoms with Crippen LogP contribution >= 0.6 is 11.3 Å². The van der Waals surface area contributed by atoms with E-state index in [2.05, 4.69) is 15.4 Å². The summed E-state index contributed by atoms with van der Waals surface area (Å²) >= 11 is 1.47. The number of nitrogens with one attached hydrogen (secondary N) is 1. The molecule has 2 aromatic heterocycles. The first-order valence-corrected chi connectivity index (χ1v) is 6.98. The summed E-state index contributed by atoms with van der Waals surface area (Å²) in [7, 11) is 1.87. The summed E-state index contributed by atoms with van der Waals surface area (Å²) in [4.78, 5) is 16.1. The monoisotopic (exact) mass is 279 g/mol. The van der Waals surface area contributed by atoms with Gasteiger partial charge in [0, 0.05) is 38.0 Å². The first-order chi connectivity index (χ1) is 9.19. The molecule has 0 saturated carbocycles. The van der Waals surface area contributed by atoms with Crippen LogP contribution in [0.5, 0.6) is 0 Å². The molecule has 2 aromatic rings. The molecule has 2 heterocycles. The molecule has 0 aliphatic heterocycles. The molecule has 0 aliphatic rings. The lowest BCUT2D eigenvalue weighted by atomic mass is 10.3. The Bertz CT molecular complexity index is 548. The van der Waals surface area contributed by atoms with Crippen molar-refractivity contribution in [1.29, 1.82) is 0 Å². The van der Waals surface area contributed by atoms with E-state index in [0.717, 1.165) is 10.7 Å². The zero-order valence-electron chi connectivity index (χ0n) is 10.8. The van der Waals surface area contributed by atoms with Gasteiger partial charge in [0.1, 0.15) is 5.69 Å². The van der Waals surface area contributed by atoms with Crippen LogP contribution in [0.1, 0.15) is 21.2 Å². The van der Waals surface area contributed by atoms with E-state index in [1.807, 2.05) is 19.3 Å². The Morgan fingerprint density at radius 2 is 2.37 bits per heavy atom. The molecule has 0 unspecified atom stereocenters. The van der Waals surface area contributed by atoms with Crippen LogP contribution in [0.2, 0.25) is 0 Å². The molecule has 2 rings (SSSR count). The average molecular weight is 279 g/mol. The van der Waals surface area contributed by atoms with E-state index in [1.54, 1.807) is 10.1 Å². The Balaban J connectivity index is 1.80. The molecule has 6 nitrogen and oxygen atoms in total. The molecule has 0 aromatic carbocycles. The van der Waals surface area contributed by atoms with Gasteiger partial charge in [0.25, 0.3) is 5.91 Å². The van der Waals surface area contributed by atoms with Crippen molar-refractivity contribution < 1.29 is 4.79 Å². The maximum Gasteiger partial charge on any atom is 0.270 e. The van der Waals surface area contributed by atoms with Crippen LogP contribution < -0.4 is 11.1 Å². The number of nitrogens with two attached hydrogens (primary N) is 1. The Morgan fingerprint density at radius 3 is 3.05 bits per heavy atom. The summed E-state index contributed by atoms with van der Waals surface area (Å²) in [5.74, 6) is -0.143. The Labute approximate surface area is 115 Å². The van der Waals surface area contributed by atoms with Gasteiger partial charge in [-0.25, -0.2) is 4.98 Å². The van der Waals surface area contributed by atoms with Gasteiger partial charge in [-0.2, -0.15) is 5.10 Å². The van der Waals surface area contributed by atoms with E-state index in [-0.39, 0.29) is 5.91 Å². The van der Waals surface area contributed by atoms with Crippen molar-refractivity contribution in [1.82, 2.24) is 20.1 Å². The van der Waals surface area contributed by atoms with E-state index < -0.39 is 0 Å². The van der Waals surface area contributed by atoms with Crippen molar-refractivity contribution >= 4 is 17.2 Å². The predicted octanol–water partition coefficient (Wildman–Crippen LogP) is 0.350. The van der Waals surface area contributed by atoms with E-state index in [1.165, 1.54) is 11.3 Å². The molecule has 102 valence electrons. The van der Waals surface area contributed by atoms with Gasteiger partial charge in [0.2, 0.25) is 0 Å². The van der Waals surface area contributed by atoms with Gasteiger partial charge in [0.05, 0.1) is 10.7 Å². The lowest BCUT2D eigenvalue weighted by Crippen LogP contribution is -2.26. The maximum absolute atomic E-state index is 11.8. The summed E-state index contributed by atoms with van der Waals surface area (Å²) in [6.45, 7) is 1.11. The molecule has 0 spiro atoms. The number of aryl methyl sites for hydroxylation is 1. The van der Waals surface area contributed by atoms with Crippen molar-refractivity contribution in [2.45, 2.75) is 12.8 Å². The summed E-state index contributed by atoms with van der Waals surface area (Å²) < 4.78 is 1.75. The van der Waals surface area contributed by atoms with Gasteiger partial charge in [-0.3, -0.25) is 9.48 Å². The first-order valence-electron chi connectivity index (χ1n) is 6.10. The number of nitrogens with zero attached hydrogens (tertiary/aromatic N) is 3. The van der Waals surface area contributed by atoms with Gasteiger partial charge in [-0.05, 0) is 12.6 Å². The second kappa shape index (κ2) is 6.44. The Hall–Kier alpha value is -1.73. The second-order valence-electron chi connectivity index (χ2n) is 4.15. The number of aromatic nitrogens is 3. The number of hydrogen-bond acceptors (Lipinski definition) is 5. The van der Waals surface area contributed by atoms with Gasteiger partial charge < -0.3 is 11.1 Å². The number of thiazole rings is 1. The number of hydrogen-bond donors (Lipinski definition) is 2. The highest BCUT2D eigenvalue weighted by atomic mass is 32.1. The highest BCUT2D eigenvalue weighted by Crippen LogP contribution is 2.09. The highest BCUT2D eigenvalue weighted by molar-refractivity contribution is 7.09. The number of carbonyl (C=O) groups excluding carboxylic acids is 1. The third kappa shape index (κ3) is 3.87. The van der Waals surface area contributed by atoms with E-state index >= 15 is 0 Å². The number of rotatable bonds is 6. The molecule has 1 amide bonds. The molecule has 7 heteroatoms. The lowest BCUT2D eigenvalue weighted by Gasteiger charge is -2.01. The van der Waals surface area contributed by atoms with Crippen LogP contribution in [0.3, 0.4) is 0 Å². The highest BCUT2D eigenvalue weighted by Gasteiger charge is 2.10. The molecule has 0 saturated heterocycles. The van der Waals surface area contributed by atoms with Gasteiger partial charge in [0.15, 0.2) is 0 Å². The molecular formula is C12H17N5OS. The lowest BCUT2D eigenvalue weighted by molar-refractivity contribution is 0.0949. The van der Waals surface area contributed by atoms with E-state index in [9.17, 15) is 4.79 Å². The molecule has 0 fully saturated rings. The summed E-state index contributed by atoms with van der Waals surface area (Å²) in [5.41, 5.74) is 6.88. The van der Waals surface area contributed by atoms with Crippen LogP contribution in [0.15, 0.2) is 17.6 Å². The van der Waals surface area contributed by atoms with Crippen LogP contribution in [-0.4, -0.2) is 33.8 Å². The minimum atomic E-state index is -0.143. The van der Waals surface area contributed by atoms with Crippen molar-refractivity contribution in [2.24, 2.45) is 12.8 Å². The zero-order chi connectivity index (χ0) is 13.7. The molecule has 3 N–H and O–H groups in total. The summed E-state index contributed by atoms with van der Waals surface area (Å²) in [6.07, 6.45) is 3.31. The Kier molecular flexibility index (Phi) is 4.64. The molecule has 0 radical (unpaired) electrons. The SMILES string of the molecule is Cn1ccc(CCNC(=O)c2csc(CCN)n2)n1. The summed E-state index contributed by atoms with van der Waals surface area (Å²) in [5, 5.41) is 9.75. The van der Waals surface area contributed by atoms with Crippen molar-refractivity contribution in [3.63, 3.8) is 0 Å². The average Bonchev–Trinajstić information content (AvgIpc) is 2.99. The fourth-order valence-corrected chi connectivity index (χ4v) is 2.44. The number of amides is 1. The van der Waals surface area contributed by atoms with Crippen LogP contribution in [-0.2, 0) is 19.9 Å². The fraction of sp³-hybridized carbons (Fsp3) is 0.417. The van der Waals surface area contributed by atoms with Crippen molar-refractivity contribution in [3.05, 3.63) is 34.0 Å². The van der Waals surface area contributed by atoms with Crippen molar-refractivity contribution in [2.75, 3.05) is 13.1 Å². The molecule has 19 heavy (non-hydrogen) atoms. The zero-order valence-corrected chi connectivity index (χ0v) is 11.6. The molecule has 0 bridgehead atoms. The van der Waals surface area contributed by atoms with Gasteiger partial charge in [-0.15, -0.1) is 11.3 Å². The van der Waals surface area contributed by atoms with Crippen molar-refractivity contribution in [3.8, 4) is 0 Å². The minimum Gasteiger partial charge on any atom is -0.350 e. The van der Waals surface area contributed by atoms with Gasteiger partial charge in [-0.1, -0.05) is 0 Å². The Morgan fingerprint density at radius 1 is 1.53 bits per heavy atom. The second-order valence-corrected chi connectivity index (χ2v) is 5.09. The fourth-order valence-electron chi connectivity index (χ4n) is 1.64. The smallest absolute Gasteiger partial charge is 0.270 e. The number of carbonyl (C=O) groups is 1. The van der Waals surface area contributed by atoms with E-state index in [4.69, 9.17) is 5.73 Å². The molecule has 0 aliphatic carbocycles. The maximum atomic E-state index is 11.8. The first kappa shape index (κ1) is 13.7. The van der Waals surface area contributed by atoms with Crippen LogP contribution in [0.25, 0.3) is 0 Å². The van der Waals surface area contributed by atoms with Crippen LogP contribution in [0.4, 0.5) is 0 Å². The topological polar surface area (TPSA) is 85.8 Å². The predicted molar refractivity (Wildman–Crippen MR) is 74.1 cm³/mol. The molecular weight excluding hydrogens is 262 g/mol. The third-order valence-electron chi connectivity index (χ3n) is 2.58. The summed E-state index contributed by atoms with van der Waals surface area (Å²) in [6, 6.07) is 1.94. The molecule has 0 atom stereocenters.